The summed E-state index contributed by atoms with van der Waals surface area (Å²) in [4.78, 5) is 2.18. The van der Waals surface area contributed by atoms with E-state index in [2.05, 4.69) is 32.4 Å². The molecule has 0 radical (unpaired) electrons. The van der Waals surface area contributed by atoms with Crippen LogP contribution in [0.1, 0.15) is 19.8 Å². The van der Waals surface area contributed by atoms with Crippen LogP contribution in [0.5, 0.6) is 0 Å². The summed E-state index contributed by atoms with van der Waals surface area (Å²) < 4.78 is 0. The lowest BCUT2D eigenvalue weighted by Crippen LogP contribution is -2.34. The van der Waals surface area contributed by atoms with Crippen molar-refractivity contribution in [3.05, 3.63) is 0 Å². The van der Waals surface area contributed by atoms with E-state index in [1.807, 2.05) is 0 Å². The largest absolute Gasteiger partial charge is 0.338 e. The lowest BCUT2D eigenvalue weighted by atomic mass is 10.0. The van der Waals surface area contributed by atoms with Crippen LogP contribution in [0.25, 0.3) is 0 Å². The van der Waals surface area contributed by atoms with Crippen molar-refractivity contribution < 1.29 is 0 Å². The van der Waals surface area contributed by atoms with Gasteiger partial charge in [0.1, 0.15) is 0 Å². The molecule has 0 saturated carbocycles. The second-order valence-corrected chi connectivity index (χ2v) is 3.41. The molecular weight excluding hydrogens is 154 g/mol. The van der Waals surface area contributed by atoms with Gasteiger partial charge in [0.05, 0.1) is 0 Å². The van der Waals surface area contributed by atoms with Gasteiger partial charge in [-0.1, -0.05) is 12.0 Å². The molecule has 1 aliphatic heterocycles. The number of tetrazole rings is 1. The van der Waals surface area contributed by atoms with Gasteiger partial charge in [-0.25, -0.2) is 0 Å². The van der Waals surface area contributed by atoms with Crippen molar-refractivity contribution >= 4 is 5.95 Å². The lowest BCUT2D eigenvalue weighted by Gasteiger charge is -2.29. The zero-order valence-corrected chi connectivity index (χ0v) is 7.19. The van der Waals surface area contributed by atoms with Gasteiger partial charge >= 0.3 is 0 Å². The highest BCUT2D eigenvalue weighted by Crippen LogP contribution is 2.18. The zero-order chi connectivity index (χ0) is 8.39. The maximum atomic E-state index is 3.95. The molecular formula is C7H13N5. The third-order valence-corrected chi connectivity index (χ3v) is 2.27. The van der Waals surface area contributed by atoms with E-state index in [9.17, 15) is 0 Å². The summed E-state index contributed by atoms with van der Waals surface area (Å²) in [6.45, 7) is 4.37. The second kappa shape index (κ2) is 3.08. The van der Waals surface area contributed by atoms with Crippen LogP contribution < -0.4 is 4.90 Å². The van der Waals surface area contributed by atoms with E-state index in [4.69, 9.17) is 0 Å². The number of aromatic nitrogens is 4. The molecule has 1 N–H and O–H groups in total. The van der Waals surface area contributed by atoms with Crippen molar-refractivity contribution in [3.8, 4) is 0 Å². The van der Waals surface area contributed by atoms with Gasteiger partial charge in [0, 0.05) is 13.1 Å². The summed E-state index contributed by atoms with van der Waals surface area (Å²) in [5.41, 5.74) is 0. The average molecular weight is 167 g/mol. The maximum absolute atomic E-state index is 3.95. The Morgan fingerprint density at radius 1 is 1.58 bits per heavy atom. The van der Waals surface area contributed by atoms with Crippen LogP contribution in [0.15, 0.2) is 0 Å². The molecule has 0 aliphatic carbocycles. The minimum absolute atomic E-state index is 0.738. The fourth-order valence-electron chi connectivity index (χ4n) is 1.66. The molecule has 1 saturated heterocycles. The molecule has 0 aromatic carbocycles. The monoisotopic (exact) mass is 167 g/mol. The van der Waals surface area contributed by atoms with E-state index in [0.29, 0.717) is 0 Å². The minimum atomic E-state index is 0.738. The second-order valence-electron chi connectivity index (χ2n) is 3.41. The summed E-state index contributed by atoms with van der Waals surface area (Å²) in [5, 5.41) is 13.9. The standard InChI is InChI=1S/C7H13N5/c1-6-3-2-4-12(5-6)7-8-10-11-9-7/h6H,2-5H2,1H3,(H,8,9,10,11)/t6-/m1/s1. The summed E-state index contributed by atoms with van der Waals surface area (Å²) in [7, 11) is 0. The van der Waals surface area contributed by atoms with E-state index >= 15 is 0 Å². The number of rotatable bonds is 1. The quantitative estimate of drug-likeness (QED) is 0.659. The zero-order valence-electron chi connectivity index (χ0n) is 7.19. The van der Waals surface area contributed by atoms with Crippen LogP contribution in [0.2, 0.25) is 0 Å². The Morgan fingerprint density at radius 2 is 2.50 bits per heavy atom. The van der Waals surface area contributed by atoms with Crippen LogP contribution in [0.3, 0.4) is 0 Å². The Balaban J connectivity index is 2.04. The third kappa shape index (κ3) is 1.39. The van der Waals surface area contributed by atoms with Crippen LogP contribution in [0, 0.1) is 5.92 Å². The number of hydrogen-bond acceptors (Lipinski definition) is 4. The van der Waals surface area contributed by atoms with E-state index in [1.165, 1.54) is 12.8 Å². The van der Waals surface area contributed by atoms with Crippen LogP contribution in [-0.4, -0.2) is 33.7 Å². The van der Waals surface area contributed by atoms with Gasteiger partial charge in [-0.15, -0.1) is 5.10 Å². The Bertz CT molecular complexity index is 232. The van der Waals surface area contributed by atoms with Crippen molar-refractivity contribution in [2.45, 2.75) is 19.8 Å². The van der Waals surface area contributed by atoms with Crippen molar-refractivity contribution in [2.24, 2.45) is 5.92 Å². The predicted octanol–water partition coefficient (Wildman–Crippen LogP) is 0.436. The third-order valence-electron chi connectivity index (χ3n) is 2.27. The van der Waals surface area contributed by atoms with Gasteiger partial charge in [0.25, 0.3) is 5.95 Å². The van der Waals surface area contributed by atoms with Gasteiger partial charge in [-0.05, 0) is 24.0 Å². The summed E-state index contributed by atoms with van der Waals surface area (Å²) in [6.07, 6.45) is 2.55. The first-order chi connectivity index (χ1) is 5.86. The van der Waals surface area contributed by atoms with E-state index in [0.717, 1.165) is 25.0 Å². The number of nitrogens with one attached hydrogen (secondary N) is 1. The highest BCUT2D eigenvalue weighted by molar-refractivity contribution is 5.26. The maximum Gasteiger partial charge on any atom is 0.265 e. The van der Waals surface area contributed by atoms with Crippen molar-refractivity contribution in [1.29, 1.82) is 0 Å². The van der Waals surface area contributed by atoms with Gasteiger partial charge in [-0.3, -0.25) is 0 Å². The Hall–Kier alpha value is -1.13. The first kappa shape index (κ1) is 7.52. The minimum Gasteiger partial charge on any atom is -0.338 e. The highest BCUT2D eigenvalue weighted by atomic mass is 15.5. The molecule has 66 valence electrons. The lowest BCUT2D eigenvalue weighted by molar-refractivity contribution is 0.442. The molecule has 5 nitrogen and oxygen atoms in total. The highest BCUT2D eigenvalue weighted by Gasteiger charge is 2.18. The predicted molar refractivity (Wildman–Crippen MR) is 44.8 cm³/mol. The van der Waals surface area contributed by atoms with E-state index in [1.54, 1.807) is 0 Å². The SMILES string of the molecule is C[C@@H]1CCCN(c2nn[nH]n2)C1. The molecule has 1 aliphatic rings. The van der Waals surface area contributed by atoms with Crippen LogP contribution >= 0.6 is 0 Å². The number of piperidine rings is 1. The molecule has 12 heavy (non-hydrogen) atoms. The number of anilines is 1. The molecule has 2 rings (SSSR count). The Labute approximate surface area is 71.1 Å². The van der Waals surface area contributed by atoms with Crippen LogP contribution in [0.4, 0.5) is 5.95 Å². The molecule has 1 atom stereocenters. The number of nitrogens with zero attached hydrogens (tertiary/aromatic N) is 4. The Kier molecular flexibility index (Phi) is 1.93. The van der Waals surface area contributed by atoms with Crippen molar-refractivity contribution in [1.82, 2.24) is 20.6 Å². The number of hydrogen-bond donors (Lipinski definition) is 1. The molecule has 0 spiro atoms. The summed E-state index contributed by atoms with van der Waals surface area (Å²) in [6, 6.07) is 0. The first-order valence-electron chi connectivity index (χ1n) is 4.34. The first-order valence-corrected chi connectivity index (χ1v) is 4.34. The molecule has 5 heteroatoms. The smallest absolute Gasteiger partial charge is 0.265 e. The van der Waals surface area contributed by atoms with Gasteiger partial charge in [0.2, 0.25) is 0 Å². The summed E-state index contributed by atoms with van der Waals surface area (Å²) in [5.74, 6) is 1.49. The van der Waals surface area contributed by atoms with Crippen LogP contribution in [-0.2, 0) is 0 Å². The number of aromatic amines is 1. The molecule has 0 bridgehead atoms. The fraction of sp³-hybridized carbons (Fsp3) is 0.857. The molecule has 0 unspecified atom stereocenters. The van der Waals surface area contributed by atoms with Gasteiger partial charge in [0.15, 0.2) is 0 Å². The molecule has 1 fully saturated rings. The molecule has 0 amide bonds. The Morgan fingerprint density at radius 3 is 3.17 bits per heavy atom. The molecule has 1 aromatic heterocycles. The summed E-state index contributed by atoms with van der Waals surface area (Å²) >= 11 is 0. The fourth-order valence-corrected chi connectivity index (χ4v) is 1.66. The van der Waals surface area contributed by atoms with E-state index < -0.39 is 0 Å². The van der Waals surface area contributed by atoms with Gasteiger partial charge in [-0.2, -0.15) is 5.21 Å². The van der Waals surface area contributed by atoms with Crippen molar-refractivity contribution in [2.75, 3.05) is 18.0 Å². The molecule has 2 heterocycles. The van der Waals surface area contributed by atoms with Crippen molar-refractivity contribution in [3.63, 3.8) is 0 Å². The molecule has 1 aromatic rings. The number of H-pyrrole nitrogens is 1. The van der Waals surface area contributed by atoms with Gasteiger partial charge < -0.3 is 4.90 Å². The topological polar surface area (TPSA) is 57.7 Å². The normalized spacial score (nSPS) is 24.4. The average Bonchev–Trinajstić information content (AvgIpc) is 2.56. The van der Waals surface area contributed by atoms with E-state index in [-0.39, 0.29) is 0 Å².